The van der Waals surface area contributed by atoms with E-state index >= 15 is 0 Å². The standard InChI is InChI=1S/C18H18F3NO4S/c1-3-10-26-17-9-6-14(18(19,20)21)11-16(17)22-27(24,25)15-7-4-13(5-8-15)12(2)23/h4-9,11,22H,3,10H2,1-2H3. The number of hydrogen-bond donors (Lipinski definition) is 1. The molecule has 0 aliphatic rings. The number of sulfonamides is 1. The van der Waals surface area contributed by atoms with Crippen LogP contribution in [0.25, 0.3) is 0 Å². The van der Waals surface area contributed by atoms with Crippen molar-refractivity contribution in [3.63, 3.8) is 0 Å². The lowest BCUT2D eigenvalue weighted by molar-refractivity contribution is -0.137. The molecule has 0 radical (unpaired) electrons. The van der Waals surface area contributed by atoms with Gasteiger partial charge in [0, 0.05) is 5.56 Å². The largest absolute Gasteiger partial charge is 0.491 e. The van der Waals surface area contributed by atoms with Crippen LogP contribution in [0.15, 0.2) is 47.4 Å². The molecule has 27 heavy (non-hydrogen) atoms. The number of hydrogen-bond acceptors (Lipinski definition) is 4. The van der Waals surface area contributed by atoms with Gasteiger partial charge in [-0.1, -0.05) is 19.1 Å². The van der Waals surface area contributed by atoms with Gasteiger partial charge in [-0.25, -0.2) is 8.42 Å². The predicted molar refractivity (Wildman–Crippen MR) is 94.5 cm³/mol. The SMILES string of the molecule is CCCOc1ccc(C(F)(F)F)cc1NS(=O)(=O)c1ccc(C(C)=O)cc1. The summed E-state index contributed by atoms with van der Waals surface area (Å²) in [6.07, 6.45) is -4.04. The quantitative estimate of drug-likeness (QED) is 0.694. The third-order valence-electron chi connectivity index (χ3n) is 3.58. The molecule has 9 heteroatoms. The number of Topliss-reactive ketones (excluding diaryl/α,β-unsaturated/α-hetero) is 1. The molecular formula is C18H18F3NO4S. The second-order valence-electron chi connectivity index (χ2n) is 5.74. The molecule has 0 heterocycles. The van der Waals surface area contributed by atoms with Crippen LogP contribution in [0.5, 0.6) is 5.75 Å². The van der Waals surface area contributed by atoms with E-state index in [1.807, 2.05) is 6.92 Å². The Kier molecular flexibility index (Phi) is 6.15. The van der Waals surface area contributed by atoms with Crippen LogP contribution in [0.4, 0.5) is 18.9 Å². The van der Waals surface area contributed by atoms with Gasteiger partial charge in [-0.2, -0.15) is 13.2 Å². The molecule has 2 rings (SSSR count). The van der Waals surface area contributed by atoms with Crippen molar-refractivity contribution in [1.82, 2.24) is 0 Å². The molecule has 0 aliphatic heterocycles. The van der Waals surface area contributed by atoms with Crippen molar-refractivity contribution >= 4 is 21.5 Å². The fraction of sp³-hybridized carbons (Fsp3) is 0.278. The molecule has 0 saturated carbocycles. The average Bonchev–Trinajstić information content (AvgIpc) is 2.59. The summed E-state index contributed by atoms with van der Waals surface area (Å²) in [4.78, 5) is 11.1. The molecule has 2 aromatic carbocycles. The predicted octanol–water partition coefficient (Wildman–Crippen LogP) is 4.50. The van der Waals surface area contributed by atoms with E-state index in [-0.39, 0.29) is 28.7 Å². The van der Waals surface area contributed by atoms with Crippen molar-refractivity contribution in [2.24, 2.45) is 0 Å². The molecule has 0 fully saturated rings. The normalized spacial score (nSPS) is 11.9. The van der Waals surface area contributed by atoms with Gasteiger partial charge in [0.1, 0.15) is 5.75 Å². The van der Waals surface area contributed by atoms with Crippen LogP contribution in [0, 0.1) is 0 Å². The fourth-order valence-electron chi connectivity index (χ4n) is 2.20. The number of nitrogens with one attached hydrogen (secondary N) is 1. The van der Waals surface area contributed by atoms with Crippen LogP contribution >= 0.6 is 0 Å². The topological polar surface area (TPSA) is 72.5 Å². The Balaban J connectivity index is 2.41. The summed E-state index contributed by atoms with van der Waals surface area (Å²) >= 11 is 0. The molecule has 2 aromatic rings. The molecule has 0 spiro atoms. The molecule has 1 N–H and O–H groups in total. The minimum atomic E-state index is -4.63. The van der Waals surface area contributed by atoms with E-state index in [4.69, 9.17) is 4.74 Å². The Labute approximate surface area is 155 Å². The van der Waals surface area contributed by atoms with Crippen LogP contribution in [-0.4, -0.2) is 20.8 Å². The van der Waals surface area contributed by atoms with Gasteiger partial charge >= 0.3 is 6.18 Å². The third kappa shape index (κ3) is 5.22. The first kappa shape index (κ1) is 20.8. The van der Waals surface area contributed by atoms with E-state index in [2.05, 4.69) is 4.72 Å². The van der Waals surface area contributed by atoms with E-state index < -0.39 is 21.8 Å². The molecule has 0 saturated heterocycles. The number of ether oxygens (including phenoxy) is 1. The van der Waals surface area contributed by atoms with E-state index in [1.54, 1.807) is 0 Å². The molecule has 0 amide bonds. The molecule has 0 atom stereocenters. The second kappa shape index (κ2) is 7.99. The average molecular weight is 401 g/mol. The van der Waals surface area contributed by atoms with Crippen molar-refractivity contribution in [3.05, 3.63) is 53.6 Å². The lowest BCUT2D eigenvalue weighted by atomic mass is 10.2. The smallest absolute Gasteiger partial charge is 0.416 e. The third-order valence-corrected chi connectivity index (χ3v) is 4.97. The highest BCUT2D eigenvalue weighted by molar-refractivity contribution is 7.92. The summed E-state index contributed by atoms with van der Waals surface area (Å²) in [6.45, 7) is 3.36. The number of alkyl halides is 3. The first-order valence-corrected chi connectivity index (χ1v) is 9.51. The van der Waals surface area contributed by atoms with E-state index in [1.165, 1.54) is 31.2 Å². The number of carbonyl (C=O) groups is 1. The zero-order valence-corrected chi connectivity index (χ0v) is 15.4. The van der Waals surface area contributed by atoms with E-state index in [0.29, 0.717) is 18.1 Å². The van der Waals surface area contributed by atoms with Crippen LogP contribution in [0.2, 0.25) is 0 Å². The minimum Gasteiger partial charge on any atom is -0.491 e. The number of halogens is 3. The first-order valence-electron chi connectivity index (χ1n) is 8.02. The Bertz CT molecular complexity index is 923. The molecule has 0 bridgehead atoms. The number of anilines is 1. The summed E-state index contributed by atoms with van der Waals surface area (Å²) in [5.74, 6) is -0.242. The van der Waals surface area contributed by atoms with Gasteiger partial charge in [-0.05, 0) is 43.7 Å². The van der Waals surface area contributed by atoms with Crippen molar-refractivity contribution in [2.45, 2.75) is 31.3 Å². The Morgan fingerprint density at radius 1 is 1.11 bits per heavy atom. The molecule has 146 valence electrons. The maximum absolute atomic E-state index is 13.0. The number of rotatable bonds is 7. The molecule has 0 aliphatic carbocycles. The van der Waals surface area contributed by atoms with Crippen molar-refractivity contribution in [2.75, 3.05) is 11.3 Å². The maximum atomic E-state index is 13.0. The zero-order valence-electron chi connectivity index (χ0n) is 14.6. The van der Waals surface area contributed by atoms with Gasteiger partial charge in [0.2, 0.25) is 0 Å². The monoisotopic (exact) mass is 401 g/mol. The van der Waals surface area contributed by atoms with Gasteiger partial charge in [0.15, 0.2) is 5.78 Å². The van der Waals surface area contributed by atoms with Crippen molar-refractivity contribution in [3.8, 4) is 5.75 Å². The van der Waals surface area contributed by atoms with Crippen LogP contribution in [0.3, 0.4) is 0 Å². The lowest BCUT2D eigenvalue weighted by Gasteiger charge is -2.16. The first-order chi connectivity index (χ1) is 12.5. The van der Waals surface area contributed by atoms with Gasteiger partial charge in [-0.15, -0.1) is 0 Å². The van der Waals surface area contributed by atoms with Gasteiger partial charge in [0.25, 0.3) is 10.0 Å². The zero-order chi connectivity index (χ0) is 20.2. The fourth-order valence-corrected chi connectivity index (χ4v) is 3.26. The van der Waals surface area contributed by atoms with Gasteiger partial charge < -0.3 is 4.74 Å². The summed E-state index contributed by atoms with van der Waals surface area (Å²) in [6, 6.07) is 7.67. The van der Waals surface area contributed by atoms with Gasteiger partial charge in [0.05, 0.1) is 22.8 Å². The molecule has 5 nitrogen and oxygen atoms in total. The lowest BCUT2D eigenvalue weighted by Crippen LogP contribution is -2.15. The second-order valence-corrected chi connectivity index (χ2v) is 7.43. The Morgan fingerprint density at radius 3 is 2.26 bits per heavy atom. The summed E-state index contributed by atoms with van der Waals surface area (Å²) in [7, 11) is -4.17. The number of benzene rings is 2. The van der Waals surface area contributed by atoms with Crippen LogP contribution in [0.1, 0.15) is 36.2 Å². The summed E-state index contributed by atoms with van der Waals surface area (Å²) in [5, 5.41) is 0. The van der Waals surface area contributed by atoms with Crippen molar-refractivity contribution in [1.29, 1.82) is 0 Å². The highest BCUT2D eigenvalue weighted by Crippen LogP contribution is 2.36. The van der Waals surface area contributed by atoms with E-state index in [9.17, 15) is 26.4 Å². The van der Waals surface area contributed by atoms with E-state index in [0.717, 1.165) is 12.1 Å². The van der Waals surface area contributed by atoms with Crippen molar-refractivity contribution < 1.29 is 31.1 Å². The molecular weight excluding hydrogens is 383 g/mol. The van der Waals surface area contributed by atoms with Crippen LogP contribution in [-0.2, 0) is 16.2 Å². The van der Waals surface area contributed by atoms with Gasteiger partial charge in [-0.3, -0.25) is 9.52 Å². The highest BCUT2D eigenvalue weighted by atomic mass is 32.2. The van der Waals surface area contributed by atoms with Crippen LogP contribution < -0.4 is 9.46 Å². The minimum absolute atomic E-state index is 0.00576. The Morgan fingerprint density at radius 2 is 1.74 bits per heavy atom. The maximum Gasteiger partial charge on any atom is 0.416 e. The summed E-state index contributed by atoms with van der Waals surface area (Å²) in [5.41, 5.74) is -0.995. The molecule has 0 unspecified atom stereocenters. The molecule has 0 aromatic heterocycles. The number of ketones is 1. The number of carbonyl (C=O) groups excluding carboxylic acids is 1. The summed E-state index contributed by atoms with van der Waals surface area (Å²) < 4.78 is 71.5. The Hall–Kier alpha value is -2.55. The highest BCUT2D eigenvalue weighted by Gasteiger charge is 2.32.